The molecule has 2 N–H and O–H groups in total. The molecule has 1 fully saturated rings. The number of aromatic amines is 1. The number of aryl methyl sites for hydroxylation is 1. The third-order valence-electron chi connectivity index (χ3n) is 5.81. The van der Waals surface area contributed by atoms with Gasteiger partial charge in [-0.1, -0.05) is 49.4 Å². The molecule has 0 bridgehead atoms. The Morgan fingerprint density at radius 1 is 1.21 bits per heavy atom. The highest BCUT2D eigenvalue weighted by Crippen LogP contribution is 2.38. The standard InChI is InChI=1S/C22H28ClNO4S/c1-15-7-9-20(24-22(15)26)18(13-16-5-2-3-6-16)17-8-10-21(19(23)14-17)29(27,28)12-4-11-25/h7-10,14,16,18,25H,2-6,11-13H2,1H3,(H,24,26). The largest absolute Gasteiger partial charge is 0.396 e. The van der Waals surface area contributed by atoms with E-state index in [-0.39, 0.29) is 40.2 Å². The van der Waals surface area contributed by atoms with Crippen molar-refractivity contribution >= 4 is 21.4 Å². The molecule has 1 aromatic heterocycles. The van der Waals surface area contributed by atoms with Crippen molar-refractivity contribution < 1.29 is 13.5 Å². The van der Waals surface area contributed by atoms with Crippen LogP contribution in [0.3, 0.4) is 0 Å². The Balaban J connectivity index is 1.97. The van der Waals surface area contributed by atoms with E-state index < -0.39 is 9.84 Å². The Bertz CT molecular complexity index is 1010. The van der Waals surface area contributed by atoms with E-state index in [1.54, 1.807) is 25.1 Å². The smallest absolute Gasteiger partial charge is 0.251 e. The predicted molar refractivity (Wildman–Crippen MR) is 115 cm³/mol. The van der Waals surface area contributed by atoms with Crippen molar-refractivity contribution in [2.75, 3.05) is 12.4 Å². The first-order valence-electron chi connectivity index (χ1n) is 10.1. The maximum absolute atomic E-state index is 12.5. The fourth-order valence-electron chi connectivity index (χ4n) is 4.14. The molecule has 2 aromatic rings. The zero-order valence-corrected chi connectivity index (χ0v) is 18.2. The molecule has 1 saturated carbocycles. The van der Waals surface area contributed by atoms with Crippen LogP contribution in [0.1, 0.15) is 61.3 Å². The summed E-state index contributed by atoms with van der Waals surface area (Å²) < 4.78 is 25.0. The van der Waals surface area contributed by atoms with E-state index in [9.17, 15) is 13.2 Å². The van der Waals surface area contributed by atoms with Gasteiger partial charge < -0.3 is 10.1 Å². The minimum atomic E-state index is -3.54. The van der Waals surface area contributed by atoms with Crippen LogP contribution in [0.2, 0.25) is 5.02 Å². The number of aromatic nitrogens is 1. The third kappa shape index (κ3) is 5.30. The van der Waals surface area contributed by atoms with Gasteiger partial charge >= 0.3 is 0 Å². The van der Waals surface area contributed by atoms with Crippen LogP contribution in [0.4, 0.5) is 0 Å². The summed E-state index contributed by atoms with van der Waals surface area (Å²) in [6.45, 7) is 1.59. The number of nitrogens with one attached hydrogen (secondary N) is 1. The number of H-pyrrole nitrogens is 1. The lowest BCUT2D eigenvalue weighted by molar-refractivity contribution is 0.295. The van der Waals surface area contributed by atoms with Crippen LogP contribution in [0, 0.1) is 12.8 Å². The Hall–Kier alpha value is -1.63. The number of sulfone groups is 1. The molecule has 0 saturated heterocycles. The zero-order chi connectivity index (χ0) is 21.0. The molecule has 1 aliphatic carbocycles. The SMILES string of the molecule is Cc1ccc(C(CC2CCCC2)c2ccc(S(=O)(=O)CCCO)c(Cl)c2)[nH]c1=O. The molecule has 1 heterocycles. The third-order valence-corrected chi connectivity index (χ3v) is 8.09. The Kier molecular flexibility index (Phi) is 7.19. The number of halogens is 1. The summed E-state index contributed by atoms with van der Waals surface area (Å²) in [6, 6.07) is 8.83. The van der Waals surface area contributed by atoms with Gasteiger partial charge in [-0.25, -0.2) is 8.42 Å². The van der Waals surface area contributed by atoms with E-state index in [1.807, 2.05) is 12.1 Å². The topological polar surface area (TPSA) is 87.2 Å². The van der Waals surface area contributed by atoms with E-state index in [4.69, 9.17) is 16.7 Å². The van der Waals surface area contributed by atoms with Crippen LogP contribution in [-0.2, 0) is 9.84 Å². The van der Waals surface area contributed by atoms with E-state index in [0.717, 1.165) is 17.7 Å². The number of pyridine rings is 1. The van der Waals surface area contributed by atoms with Gasteiger partial charge in [0.1, 0.15) is 0 Å². The highest BCUT2D eigenvalue weighted by molar-refractivity contribution is 7.91. The Morgan fingerprint density at radius 3 is 2.55 bits per heavy atom. The van der Waals surface area contributed by atoms with Crippen molar-refractivity contribution in [3.63, 3.8) is 0 Å². The van der Waals surface area contributed by atoms with Crippen molar-refractivity contribution in [2.45, 2.75) is 56.3 Å². The first-order chi connectivity index (χ1) is 13.8. The highest BCUT2D eigenvalue weighted by atomic mass is 35.5. The molecule has 1 atom stereocenters. The van der Waals surface area contributed by atoms with Crippen LogP contribution in [-0.4, -0.2) is 30.9 Å². The maximum atomic E-state index is 12.5. The summed E-state index contributed by atoms with van der Waals surface area (Å²) in [5.41, 5.74) is 2.30. The minimum Gasteiger partial charge on any atom is -0.396 e. The highest BCUT2D eigenvalue weighted by Gasteiger charge is 2.25. The lowest BCUT2D eigenvalue weighted by atomic mass is 9.85. The summed E-state index contributed by atoms with van der Waals surface area (Å²) >= 11 is 6.38. The van der Waals surface area contributed by atoms with E-state index in [2.05, 4.69) is 4.98 Å². The minimum absolute atomic E-state index is 0.0434. The fourth-order valence-corrected chi connectivity index (χ4v) is 6.04. The molecule has 158 valence electrons. The molecule has 1 aliphatic rings. The molecule has 0 radical (unpaired) electrons. The average molecular weight is 438 g/mol. The van der Waals surface area contributed by atoms with Crippen molar-refractivity contribution in [2.24, 2.45) is 5.92 Å². The molecular weight excluding hydrogens is 410 g/mol. The fraction of sp³-hybridized carbons (Fsp3) is 0.500. The molecule has 0 spiro atoms. The van der Waals surface area contributed by atoms with Gasteiger partial charge in [0.25, 0.3) is 5.56 Å². The molecule has 1 aromatic carbocycles. The van der Waals surface area contributed by atoms with Gasteiger partial charge in [-0.2, -0.15) is 0 Å². The Morgan fingerprint density at radius 2 is 1.93 bits per heavy atom. The number of aliphatic hydroxyl groups is 1. The quantitative estimate of drug-likeness (QED) is 0.647. The predicted octanol–water partition coefficient (Wildman–Crippen LogP) is 4.21. The lowest BCUT2D eigenvalue weighted by Gasteiger charge is -2.22. The number of benzene rings is 1. The van der Waals surface area contributed by atoms with Gasteiger partial charge in [-0.15, -0.1) is 0 Å². The van der Waals surface area contributed by atoms with Crippen LogP contribution >= 0.6 is 11.6 Å². The molecule has 0 amide bonds. The van der Waals surface area contributed by atoms with Gasteiger partial charge in [-0.05, 0) is 49.4 Å². The summed E-state index contributed by atoms with van der Waals surface area (Å²) in [5, 5.41) is 9.13. The van der Waals surface area contributed by atoms with Crippen molar-refractivity contribution in [1.82, 2.24) is 4.98 Å². The van der Waals surface area contributed by atoms with Crippen molar-refractivity contribution in [1.29, 1.82) is 0 Å². The molecule has 29 heavy (non-hydrogen) atoms. The maximum Gasteiger partial charge on any atom is 0.251 e. The van der Waals surface area contributed by atoms with Crippen LogP contribution in [0.25, 0.3) is 0 Å². The van der Waals surface area contributed by atoms with Crippen LogP contribution in [0.15, 0.2) is 40.0 Å². The van der Waals surface area contributed by atoms with Gasteiger partial charge in [0.05, 0.1) is 15.7 Å². The number of aliphatic hydroxyl groups excluding tert-OH is 1. The normalized spacial score (nSPS) is 16.2. The van der Waals surface area contributed by atoms with Gasteiger partial charge in [0.15, 0.2) is 9.84 Å². The molecule has 0 aliphatic heterocycles. The second kappa shape index (κ2) is 9.45. The second-order valence-corrected chi connectivity index (χ2v) is 10.4. The number of rotatable bonds is 8. The Labute approximate surface area is 177 Å². The van der Waals surface area contributed by atoms with Crippen LogP contribution < -0.4 is 5.56 Å². The first-order valence-corrected chi connectivity index (χ1v) is 12.2. The molecule has 7 heteroatoms. The van der Waals surface area contributed by atoms with E-state index in [0.29, 0.717) is 11.5 Å². The summed E-state index contributed by atoms with van der Waals surface area (Å²) in [6.07, 6.45) is 5.87. The number of hydrogen-bond acceptors (Lipinski definition) is 4. The molecular formula is C22H28ClNO4S. The molecule has 3 rings (SSSR count). The van der Waals surface area contributed by atoms with Gasteiger partial charge in [0.2, 0.25) is 0 Å². The average Bonchev–Trinajstić information content (AvgIpc) is 3.20. The zero-order valence-electron chi connectivity index (χ0n) is 16.7. The van der Waals surface area contributed by atoms with Crippen molar-refractivity contribution in [3.05, 3.63) is 62.5 Å². The van der Waals surface area contributed by atoms with Crippen molar-refractivity contribution in [3.8, 4) is 0 Å². The number of hydrogen-bond donors (Lipinski definition) is 2. The van der Waals surface area contributed by atoms with Gasteiger partial charge in [0, 0.05) is 23.8 Å². The summed E-state index contributed by atoms with van der Waals surface area (Å²) in [5.74, 6) is 0.397. The molecule has 1 unspecified atom stereocenters. The van der Waals surface area contributed by atoms with E-state index in [1.165, 1.54) is 25.7 Å². The summed E-state index contributed by atoms with van der Waals surface area (Å²) in [7, 11) is -3.54. The van der Waals surface area contributed by atoms with Crippen LogP contribution in [0.5, 0.6) is 0 Å². The first kappa shape index (κ1) is 22.1. The lowest BCUT2D eigenvalue weighted by Crippen LogP contribution is -2.16. The molecule has 5 nitrogen and oxygen atoms in total. The monoisotopic (exact) mass is 437 g/mol. The van der Waals surface area contributed by atoms with Gasteiger partial charge in [-0.3, -0.25) is 4.79 Å². The summed E-state index contributed by atoms with van der Waals surface area (Å²) in [4.78, 5) is 15.3. The van der Waals surface area contributed by atoms with E-state index >= 15 is 0 Å². The second-order valence-electron chi connectivity index (χ2n) is 7.95.